The Morgan fingerprint density at radius 1 is 0.941 bits per heavy atom. The van der Waals surface area contributed by atoms with Crippen molar-refractivity contribution in [2.75, 3.05) is 13.1 Å². The molecular weight excluding hydrogens is 455 g/mol. The lowest BCUT2D eigenvalue weighted by molar-refractivity contribution is -0.188. The van der Waals surface area contributed by atoms with Crippen molar-refractivity contribution in [1.29, 1.82) is 0 Å². The third-order valence-electron chi connectivity index (χ3n) is 5.16. The molecule has 8 nitrogen and oxygen atoms in total. The van der Waals surface area contributed by atoms with Gasteiger partial charge in [-0.05, 0) is 17.7 Å². The zero-order chi connectivity index (χ0) is 25.0. The van der Waals surface area contributed by atoms with Crippen LogP contribution in [0, 0.1) is 0 Å². The summed E-state index contributed by atoms with van der Waals surface area (Å²) in [6.45, 7) is -0.122. The molecule has 1 N–H and O–H groups in total. The predicted molar refractivity (Wildman–Crippen MR) is 112 cm³/mol. The number of carbonyl (C=O) groups excluding carboxylic acids is 5. The third kappa shape index (κ3) is 5.13. The third-order valence-corrected chi connectivity index (χ3v) is 5.16. The van der Waals surface area contributed by atoms with Gasteiger partial charge >= 0.3 is 12.1 Å². The minimum atomic E-state index is -5.40. The standard InChI is InChI=1S/C23H20F3N3O5/c1-14(30)27-11-12-28(22(34)23(24,25)26)21(33)18(13-15-7-3-2-4-8-15)29-19(31)16-9-5-6-10-17(16)20(29)32/h2-10,18H,11-13H2,1H3,(H,27,30). The van der Waals surface area contributed by atoms with Crippen LogP contribution in [0.1, 0.15) is 33.2 Å². The molecule has 0 aromatic heterocycles. The smallest absolute Gasteiger partial charge is 0.355 e. The zero-order valence-electron chi connectivity index (χ0n) is 18.0. The Hall–Kier alpha value is -4.02. The number of rotatable bonds is 7. The van der Waals surface area contributed by atoms with E-state index in [1.807, 2.05) is 0 Å². The Balaban J connectivity index is 2.02. The van der Waals surface area contributed by atoms with Gasteiger partial charge in [-0.1, -0.05) is 42.5 Å². The number of hydrogen-bond donors (Lipinski definition) is 1. The first-order chi connectivity index (χ1) is 16.0. The van der Waals surface area contributed by atoms with E-state index in [1.54, 1.807) is 30.3 Å². The van der Waals surface area contributed by atoms with Gasteiger partial charge in [0.1, 0.15) is 6.04 Å². The van der Waals surface area contributed by atoms with E-state index in [2.05, 4.69) is 5.32 Å². The molecule has 3 rings (SSSR count). The number of imide groups is 2. The zero-order valence-corrected chi connectivity index (χ0v) is 18.0. The van der Waals surface area contributed by atoms with Crippen molar-refractivity contribution >= 4 is 29.5 Å². The molecule has 2 aromatic carbocycles. The van der Waals surface area contributed by atoms with Crippen molar-refractivity contribution in [3.8, 4) is 0 Å². The molecule has 0 fully saturated rings. The molecule has 2 aromatic rings. The van der Waals surface area contributed by atoms with E-state index in [-0.39, 0.29) is 22.4 Å². The first-order valence-electron chi connectivity index (χ1n) is 10.2. The normalized spacial score (nSPS) is 13.9. The second-order valence-electron chi connectivity index (χ2n) is 7.51. The Bertz CT molecular complexity index is 1100. The van der Waals surface area contributed by atoms with Crippen LogP contribution in [0.25, 0.3) is 0 Å². The lowest BCUT2D eigenvalue weighted by Crippen LogP contribution is -2.57. The van der Waals surface area contributed by atoms with Crippen molar-refractivity contribution in [2.45, 2.75) is 25.6 Å². The Labute approximate surface area is 192 Å². The van der Waals surface area contributed by atoms with Crippen LogP contribution in [-0.4, -0.2) is 64.6 Å². The van der Waals surface area contributed by atoms with E-state index in [0.29, 0.717) is 10.5 Å². The largest absolute Gasteiger partial charge is 0.471 e. The molecule has 0 bridgehead atoms. The van der Waals surface area contributed by atoms with Crippen molar-refractivity contribution < 1.29 is 37.1 Å². The summed E-state index contributed by atoms with van der Waals surface area (Å²) >= 11 is 0. The monoisotopic (exact) mass is 475 g/mol. The molecule has 11 heteroatoms. The highest BCUT2D eigenvalue weighted by Gasteiger charge is 2.49. The summed E-state index contributed by atoms with van der Waals surface area (Å²) in [4.78, 5) is 63.2. The molecule has 178 valence electrons. The highest BCUT2D eigenvalue weighted by molar-refractivity contribution is 6.23. The second-order valence-corrected chi connectivity index (χ2v) is 7.51. The van der Waals surface area contributed by atoms with Crippen LogP contribution in [0.2, 0.25) is 0 Å². The average Bonchev–Trinajstić information content (AvgIpc) is 3.04. The van der Waals surface area contributed by atoms with E-state index >= 15 is 0 Å². The first-order valence-corrected chi connectivity index (χ1v) is 10.2. The van der Waals surface area contributed by atoms with E-state index < -0.39 is 54.8 Å². The summed E-state index contributed by atoms with van der Waals surface area (Å²) in [6.07, 6.45) is -5.71. The fraction of sp³-hybridized carbons (Fsp3) is 0.261. The molecule has 0 spiro atoms. The van der Waals surface area contributed by atoms with Gasteiger partial charge in [0.05, 0.1) is 11.1 Å². The van der Waals surface area contributed by atoms with E-state index in [9.17, 15) is 37.1 Å². The van der Waals surface area contributed by atoms with Crippen LogP contribution in [0.15, 0.2) is 54.6 Å². The minimum absolute atomic E-state index is 0.00491. The van der Waals surface area contributed by atoms with Crippen LogP contribution >= 0.6 is 0 Å². The summed E-state index contributed by atoms with van der Waals surface area (Å²) in [7, 11) is 0. The number of nitrogens with one attached hydrogen (secondary N) is 1. The predicted octanol–water partition coefficient (Wildman–Crippen LogP) is 1.95. The van der Waals surface area contributed by atoms with Gasteiger partial charge in [0.2, 0.25) is 5.91 Å². The van der Waals surface area contributed by atoms with Crippen LogP contribution in [0.3, 0.4) is 0 Å². The van der Waals surface area contributed by atoms with E-state index in [0.717, 1.165) is 6.92 Å². The Morgan fingerprint density at radius 2 is 1.47 bits per heavy atom. The quantitative estimate of drug-likeness (QED) is 0.617. The van der Waals surface area contributed by atoms with Crippen LogP contribution in [0.4, 0.5) is 13.2 Å². The lowest BCUT2D eigenvalue weighted by Gasteiger charge is -2.31. The number of alkyl halides is 3. The topological polar surface area (TPSA) is 104 Å². The van der Waals surface area contributed by atoms with E-state index in [4.69, 9.17) is 0 Å². The van der Waals surface area contributed by atoms with Crippen molar-refractivity contribution in [2.24, 2.45) is 0 Å². The maximum Gasteiger partial charge on any atom is 0.471 e. The second kappa shape index (κ2) is 9.86. The number of hydrogen-bond acceptors (Lipinski definition) is 5. The maximum absolute atomic E-state index is 13.4. The summed E-state index contributed by atoms with van der Waals surface area (Å²) < 4.78 is 39.9. The van der Waals surface area contributed by atoms with Gasteiger partial charge in [0.25, 0.3) is 17.7 Å². The van der Waals surface area contributed by atoms with Gasteiger partial charge < -0.3 is 5.32 Å². The van der Waals surface area contributed by atoms with Crippen molar-refractivity contribution in [3.63, 3.8) is 0 Å². The summed E-state index contributed by atoms with van der Waals surface area (Å²) in [5.41, 5.74) is 0.467. The fourth-order valence-corrected chi connectivity index (χ4v) is 3.61. The number of fused-ring (bicyclic) bond motifs is 1. The molecule has 0 radical (unpaired) electrons. The van der Waals surface area contributed by atoms with E-state index in [1.165, 1.54) is 24.3 Å². The molecule has 34 heavy (non-hydrogen) atoms. The van der Waals surface area contributed by atoms with Gasteiger partial charge in [-0.15, -0.1) is 0 Å². The molecule has 0 aliphatic carbocycles. The molecule has 1 aliphatic rings. The van der Waals surface area contributed by atoms with Gasteiger partial charge in [-0.3, -0.25) is 33.8 Å². The number of nitrogens with zero attached hydrogens (tertiary/aromatic N) is 2. The molecule has 5 amide bonds. The number of halogens is 3. The Morgan fingerprint density at radius 3 is 1.97 bits per heavy atom. The molecular formula is C23H20F3N3O5. The van der Waals surface area contributed by atoms with Crippen molar-refractivity contribution in [3.05, 3.63) is 71.3 Å². The Kier molecular flexibility index (Phi) is 7.14. The molecule has 1 aliphatic heterocycles. The highest BCUT2D eigenvalue weighted by atomic mass is 19.4. The molecule has 1 atom stereocenters. The number of carbonyl (C=O) groups is 5. The van der Waals surface area contributed by atoms with Crippen LogP contribution in [0.5, 0.6) is 0 Å². The van der Waals surface area contributed by atoms with Crippen molar-refractivity contribution in [1.82, 2.24) is 15.1 Å². The summed E-state index contributed by atoms with van der Waals surface area (Å²) in [5.74, 6) is -6.12. The summed E-state index contributed by atoms with van der Waals surface area (Å²) in [6, 6.07) is 12.1. The van der Waals surface area contributed by atoms with Crippen LogP contribution in [-0.2, 0) is 20.8 Å². The van der Waals surface area contributed by atoms with Crippen LogP contribution < -0.4 is 5.32 Å². The summed E-state index contributed by atoms with van der Waals surface area (Å²) in [5, 5.41) is 2.23. The number of benzene rings is 2. The van der Waals surface area contributed by atoms with Gasteiger partial charge in [0, 0.05) is 26.4 Å². The lowest BCUT2D eigenvalue weighted by atomic mass is 10.0. The fourth-order valence-electron chi connectivity index (χ4n) is 3.61. The minimum Gasteiger partial charge on any atom is -0.355 e. The molecule has 0 saturated carbocycles. The molecule has 0 saturated heterocycles. The van der Waals surface area contributed by atoms with Gasteiger partial charge in [-0.25, -0.2) is 0 Å². The SMILES string of the molecule is CC(=O)NCCN(C(=O)C(Cc1ccccc1)N1C(=O)c2ccccc2C1=O)C(=O)C(F)(F)F. The molecule has 1 unspecified atom stereocenters. The number of amides is 5. The first kappa shape index (κ1) is 24.6. The van der Waals surface area contributed by atoms with Gasteiger partial charge in [-0.2, -0.15) is 13.2 Å². The maximum atomic E-state index is 13.4. The average molecular weight is 475 g/mol. The molecule has 1 heterocycles. The highest BCUT2D eigenvalue weighted by Crippen LogP contribution is 2.28. The van der Waals surface area contributed by atoms with Gasteiger partial charge in [0.15, 0.2) is 0 Å².